The lowest BCUT2D eigenvalue weighted by Crippen LogP contribution is -2.53. The molecule has 2 atom stereocenters. The van der Waals surface area contributed by atoms with Crippen LogP contribution in [-0.4, -0.2) is 77.5 Å². The number of anilines is 1. The van der Waals surface area contributed by atoms with Crippen LogP contribution in [0.5, 0.6) is 0 Å². The predicted octanol–water partition coefficient (Wildman–Crippen LogP) is 4.99. The fourth-order valence-electron chi connectivity index (χ4n) is 6.02. The van der Waals surface area contributed by atoms with Crippen LogP contribution >= 0.6 is 11.6 Å². The van der Waals surface area contributed by atoms with Gasteiger partial charge in [0.2, 0.25) is 5.91 Å². The Labute approximate surface area is 248 Å². The van der Waals surface area contributed by atoms with E-state index in [9.17, 15) is 22.8 Å². The molecule has 0 bridgehead atoms. The summed E-state index contributed by atoms with van der Waals surface area (Å²) in [7, 11) is 0. The second-order valence-electron chi connectivity index (χ2n) is 11.6. The van der Waals surface area contributed by atoms with Crippen LogP contribution in [-0.2, 0) is 25.2 Å². The maximum absolute atomic E-state index is 13.3. The molecule has 2 aliphatic carbocycles. The first-order valence-electron chi connectivity index (χ1n) is 14.2. The van der Waals surface area contributed by atoms with Gasteiger partial charge < -0.3 is 24.6 Å². The summed E-state index contributed by atoms with van der Waals surface area (Å²) in [5, 5.41) is 12.1. The Bertz CT molecular complexity index is 1310. The third-order valence-corrected chi connectivity index (χ3v) is 8.60. The third-order valence-electron chi connectivity index (χ3n) is 8.34. The first-order chi connectivity index (χ1) is 19.9. The highest BCUT2D eigenvalue weighted by molar-refractivity contribution is 6.25. The smallest absolute Gasteiger partial charge is 0.417 e. The average Bonchev–Trinajstić information content (AvgIpc) is 3.38. The molecule has 4 aliphatic rings. The summed E-state index contributed by atoms with van der Waals surface area (Å²) in [6.07, 6.45) is 2.38. The van der Waals surface area contributed by atoms with E-state index in [2.05, 4.69) is 5.32 Å². The van der Waals surface area contributed by atoms with E-state index < -0.39 is 28.3 Å². The maximum Gasteiger partial charge on any atom is 0.417 e. The number of alkyl halides is 4. The molecule has 1 aromatic rings. The van der Waals surface area contributed by atoms with Gasteiger partial charge in [-0.25, -0.2) is 0 Å². The quantitative estimate of drug-likeness (QED) is 0.459. The van der Waals surface area contributed by atoms with Crippen molar-refractivity contribution in [1.29, 1.82) is 5.26 Å². The fraction of sp³-hybridized carbons (Fsp3) is 0.567. The van der Waals surface area contributed by atoms with Gasteiger partial charge in [-0.05, 0) is 68.9 Å². The van der Waals surface area contributed by atoms with Gasteiger partial charge in [0.05, 0.1) is 28.2 Å². The van der Waals surface area contributed by atoms with Gasteiger partial charge >= 0.3 is 6.18 Å². The molecule has 1 N–H and O–H groups in total. The van der Waals surface area contributed by atoms with Crippen LogP contribution in [0.15, 0.2) is 41.7 Å². The van der Waals surface area contributed by atoms with Crippen molar-refractivity contribution in [3.05, 3.63) is 52.8 Å². The van der Waals surface area contributed by atoms with Crippen molar-refractivity contribution in [2.45, 2.75) is 74.7 Å². The molecule has 2 unspecified atom stereocenters. The SMILES string of the molecule is CC1(Cl)C=CC2=C(CC(C(=O)N3CCN(C(=O)COC4CCC(Nc5ccc(C#N)c(C(F)(F)F)c5)CC4)CC3)O2)C1. The molecule has 2 heterocycles. The number of nitrogens with one attached hydrogen (secondary N) is 1. The zero-order valence-corrected chi connectivity index (χ0v) is 24.1. The van der Waals surface area contributed by atoms with Gasteiger partial charge in [0, 0.05) is 44.3 Å². The highest BCUT2D eigenvalue weighted by atomic mass is 35.5. The highest BCUT2D eigenvalue weighted by Gasteiger charge is 2.39. The number of nitrogens with zero attached hydrogens (tertiary/aromatic N) is 3. The van der Waals surface area contributed by atoms with E-state index in [0.29, 0.717) is 70.4 Å². The molecule has 0 radical (unpaired) electrons. The number of rotatable bonds is 6. The van der Waals surface area contributed by atoms with Gasteiger partial charge in [-0.2, -0.15) is 18.4 Å². The Morgan fingerprint density at radius 3 is 2.52 bits per heavy atom. The fourth-order valence-corrected chi connectivity index (χ4v) is 6.24. The molecule has 1 saturated carbocycles. The number of nitriles is 1. The van der Waals surface area contributed by atoms with E-state index in [0.717, 1.165) is 17.4 Å². The number of halogens is 4. The summed E-state index contributed by atoms with van der Waals surface area (Å²) in [6, 6.07) is 5.21. The van der Waals surface area contributed by atoms with E-state index in [4.69, 9.17) is 26.3 Å². The number of hydrogen-bond acceptors (Lipinski definition) is 6. The van der Waals surface area contributed by atoms with Crippen LogP contribution in [0.3, 0.4) is 0 Å². The van der Waals surface area contributed by atoms with Crippen molar-refractivity contribution in [2.75, 3.05) is 38.1 Å². The standard InChI is InChI=1S/C30H34ClF3N4O4/c1-29(31)9-8-25-20(16-29)14-26(42-25)28(40)38-12-10-37(11-13-38)27(39)18-41-23-6-4-21(5-7-23)36-22-3-2-19(17-35)24(15-22)30(32,33)34/h2-3,8-9,15,21,23,26,36H,4-7,10-14,16,18H2,1H3. The molecule has 0 aromatic heterocycles. The number of allylic oxidation sites excluding steroid dienone is 2. The van der Waals surface area contributed by atoms with Crippen molar-refractivity contribution < 1.29 is 32.2 Å². The zero-order valence-electron chi connectivity index (χ0n) is 23.4. The van der Waals surface area contributed by atoms with Gasteiger partial charge in [0.25, 0.3) is 5.91 Å². The van der Waals surface area contributed by atoms with E-state index in [-0.39, 0.29) is 30.6 Å². The second-order valence-corrected chi connectivity index (χ2v) is 12.4. The van der Waals surface area contributed by atoms with Crippen LogP contribution in [0.25, 0.3) is 0 Å². The lowest BCUT2D eigenvalue weighted by atomic mass is 9.92. The Balaban J connectivity index is 1.01. The second kappa shape index (κ2) is 12.2. The van der Waals surface area contributed by atoms with Crippen LogP contribution < -0.4 is 5.32 Å². The van der Waals surface area contributed by atoms with Gasteiger partial charge in [-0.15, -0.1) is 11.6 Å². The number of piperazine rings is 1. The predicted molar refractivity (Wildman–Crippen MR) is 149 cm³/mol. The zero-order chi connectivity index (χ0) is 30.1. The number of amides is 2. The van der Waals surface area contributed by atoms with Gasteiger partial charge in [0.15, 0.2) is 6.10 Å². The molecular formula is C30H34ClF3N4O4. The van der Waals surface area contributed by atoms with Crippen molar-refractivity contribution in [3.63, 3.8) is 0 Å². The minimum atomic E-state index is -4.60. The van der Waals surface area contributed by atoms with Gasteiger partial charge in [0.1, 0.15) is 12.4 Å². The minimum Gasteiger partial charge on any atom is -0.480 e. The number of carbonyl (C=O) groups is 2. The number of hydrogen-bond donors (Lipinski definition) is 1. The molecule has 12 heteroatoms. The lowest BCUT2D eigenvalue weighted by molar-refractivity contribution is -0.147. The number of ether oxygens (including phenoxy) is 2. The topological polar surface area (TPSA) is 94.9 Å². The average molecular weight is 607 g/mol. The summed E-state index contributed by atoms with van der Waals surface area (Å²) in [6.45, 7) is 3.60. The summed E-state index contributed by atoms with van der Waals surface area (Å²) >= 11 is 6.44. The molecule has 0 spiro atoms. The van der Waals surface area contributed by atoms with Crippen LogP contribution in [0.4, 0.5) is 18.9 Å². The summed E-state index contributed by atoms with van der Waals surface area (Å²) in [4.78, 5) is 28.9. The molecule has 2 aliphatic heterocycles. The molecule has 1 saturated heterocycles. The van der Waals surface area contributed by atoms with Gasteiger partial charge in [-0.1, -0.05) is 6.08 Å². The third kappa shape index (κ3) is 7.04. The van der Waals surface area contributed by atoms with E-state index in [1.165, 1.54) is 12.1 Å². The molecule has 2 amide bonds. The van der Waals surface area contributed by atoms with Crippen LogP contribution in [0.1, 0.15) is 56.6 Å². The van der Waals surface area contributed by atoms with Crippen LogP contribution in [0, 0.1) is 11.3 Å². The van der Waals surface area contributed by atoms with E-state index in [1.54, 1.807) is 15.9 Å². The molecule has 1 aromatic carbocycles. The van der Waals surface area contributed by atoms with E-state index in [1.807, 2.05) is 19.1 Å². The Morgan fingerprint density at radius 2 is 1.86 bits per heavy atom. The van der Waals surface area contributed by atoms with Gasteiger partial charge in [-0.3, -0.25) is 9.59 Å². The van der Waals surface area contributed by atoms with Crippen molar-refractivity contribution >= 4 is 29.1 Å². The Hall–Kier alpha value is -3.23. The Morgan fingerprint density at radius 1 is 1.17 bits per heavy atom. The largest absolute Gasteiger partial charge is 0.480 e. The molecule has 42 heavy (non-hydrogen) atoms. The van der Waals surface area contributed by atoms with Crippen molar-refractivity contribution in [3.8, 4) is 6.07 Å². The Kier molecular flexibility index (Phi) is 8.76. The normalized spacial score (nSPS) is 27.8. The highest BCUT2D eigenvalue weighted by Crippen LogP contribution is 2.40. The van der Waals surface area contributed by atoms with E-state index >= 15 is 0 Å². The summed E-state index contributed by atoms with van der Waals surface area (Å²) in [5.74, 6) is 0.547. The lowest BCUT2D eigenvalue weighted by Gasteiger charge is -2.36. The minimum absolute atomic E-state index is 0.0275. The maximum atomic E-state index is 13.3. The molecule has 226 valence electrons. The summed E-state index contributed by atoms with van der Waals surface area (Å²) < 4.78 is 51.6. The molecule has 2 fully saturated rings. The van der Waals surface area contributed by atoms with Crippen molar-refractivity contribution in [2.24, 2.45) is 0 Å². The number of benzene rings is 1. The summed E-state index contributed by atoms with van der Waals surface area (Å²) in [5.41, 5.74) is 0.0342. The molecule has 5 rings (SSSR count). The first-order valence-corrected chi connectivity index (χ1v) is 14.6. The monoisotopic (exact) mass is 606 g/mol. The van der Waals surface area contributed by atoms with Crippen molar-refractivity contribution in [1.82, 2.24) is 9.80 Å². The molecule has 8 nitrogen and oxygen atoms in total. The van der Waals surface area contributed by atoms with Crippen LogP contribution in [0.2, 0.25) is 0 Å². The number of carbonyl (C=O) groups excluding carboxylic acids is 2. The molecular weight excluding hydrogens is 573 g/mol. The first kappa shape index (κ1) is 30.2.